The van der Waals surface area contributed by atoms with Gasteiger partial charge in [-0.25, -0.2) is 0 Å². The van der Waals surface area contributed by atoms with Gasteiger partial charge in [-0.3, -0.25) is 14.7 Å². The Morgan fingerprint density at radius 2 is 2.09 bits per heavy atom. The molecular formula is C25H34ClN5O2S. The van der Waals surface area contributed by atoms with Crippen LogP contribution in [0.2, 0.25) is 5.02 Å². The highest BCUT2D eigenvalue weighted by atomic mass is 35.5. The molecule has 9 heteroatoms. The van der Waals surface area contributed by atoms with Crippen LogP contribution in [0.4, 0.5) is 5.69 Å². The number of anilines is 1. The summed E-state index contributed by atoms with van der Waals surface area (Å²) in [4.78, 5) is 23.5. The zero-order valence-electron chi connectivity index (χ0n) is 19.7. The molecule has 2 fully saturated rings. The highest BCUT2D eigenvalue weighted by Crippen LogP contribution is 2.33. The van der Waals surface area contributed by atoms with Crippen LogP contribution in [0.25, 0.3) is 10.9 Å². The Bertz CT molecular complexity index is 1050. The van der Waals surface area contributed by atoms with Crippen LogP contribution >= 0.6 is 23.4 Å². The van der Waals surface area contributed by atoms with E-state index in [0.29, 0.717) is 12.5 Å². The maximum absolute atomic E-state index is 12.8. The van der Waals surface area contributed by atoms with E-state index < -0.39 is 0 Å². The molecule has 1 aromatic heterocycles. The van der Waals surface area contributed by atoms with Crippen molar-refractivity contribution in [2.45, 2.75) is 63.7 Å². The number of hydrogen-bond donors (Lipinski definition) is 3. The van der Waals surface area contributed by atoms with Crippen molar-refractivity contribution in [1.29, 1.82) is 0 Å². The lowest BCUT2D eigenvalue weighted by atomic mass is 10.2. The normalized spacial score (nSPS) is 22.8. The maximum atomic E-state index is 12.8. The molecule has 1 aliphatic carbocycles. The number of aliphatic imine (C=N–C) groups is 1. The number of morpholine rings is 1. The molecule has 0 radical (unpaired) electrons. The Hall–Kier alpha value is -1.74. The average molecular weight is 504 g/mol. The number of rotatable bonds is 8. The van der Waals surface area contributed by atoms with Gasteiger partial charge in [0.05, 0.1) is 42.3 Å². The highest BCUT2D eigenvalue weighted by molar-refractivity contribution is 8.14. The summed E-state index contributed by atoms with van der Waals surface area (Å²) in [7, 11) is 0. The number of aromatic nitrogens is 1. The first kappa shape index (κ1) is 24.0. The Balaban J connectivity index is 1.25. The molecule has 7 nitrogen and oxygen atoms in total. The lowest BCUT2D eigenvalue weighted by molar-refractivity contribution is -0.124. The number of fused-ring (bicyclic) bond motifs is 1. The summed E-state index contributed by atoms with van der Waals surface area (Å²) in [6.45, 7) is 5.30. The van der Waals surface area contributed by atoms with Crippen LogP contribution in [0.5, 0.6) is 0 Å². The number of thioether (sulfide) groups is 1. The van der Waals surface area contributed by atoms with Crippen molar-refractivity contribution < 1.29 is 9.53 Å². The predicted octanol–water partition coefficient (Wildman–Crippen LogP) is 4.61. The molecule has 0 bridgehead atoms. The van der Waals surface area contributed by atoms with Gasteiger partial charge in [0.15, 0.2) is 0 Å². The third-order valence-electron chi connectivity index (χ3n) is 6.97. The lowest BCUT2D eigenvalue weighted by Crippen LogP contribution is -2.52. The summed E-state index contributed by atoms with van der Waals surface area (Å²) >= 11 is 8.14. The van der Waals surface area contributed by atoms with Crippen molar-refractivity contribution in [2.75, 3.05) is 37.4 Å². The summed E-state index contributed by atoms with van der Waals surface area (Å²) in [5.74, 6) is 0.890. The van der Waals surface area contributed by atoms with Crippen molar-refractivity contribution in [2.24, 2.45) is 4.99 Å². The monoisotopic (exact) mass is 503 g/mol. The van der Waals surface area contributed by atoms with E-state index in [1.54, 1.807) is 11.8 Å². The summed E-state index contributed by atoms with van der Waals surface area (Å²) < 4.78 is 5.44. The van der Waals surface area contributed by atoms with E-state index in [0.717, 1.165) is 70.8 Å². The van der Waals surface area contributed by atoms with Gasteiger partial charge < -0.3 is 20.4 Å². The van der Waals surface area contributed by atoms with Gasteiger partial charge in [-0.1, -0.05) is 31.4 Å². The van der Waals surface area contributed by atoms with E-state index in [9.17, 15) is 4.79 Å². The summed E-state index contributed by atoms with van der Waals surface area (Å²) in [6.07, 6.45) is 6.34. The maximum Gasteiger partial charge on any atom is 0.223 e. The van der Waals surface area contributed by atoms with Crippen LogP contribution in [0.15, 0.2) is 23.2 Å². The molecule has 3 aliphatic rings. The number of halogens is 1. The van der Waals surface area contributed by atoms with Crippen molar-refractivity contribution >= 4 is 50.9 Å². The molecule has 3 N–H and O–H groups in total. The number of amides is 1. The molecule has 2 aromatic rings. The molecule has 3 heterocycles. The van der Waals surface area contributed by atoms with Gasteiger partial charge >= 0.3 is 0 Å². The van der Waals surface area contributed by atoms with Crippen molar-refractivity contribution in [3.63, 3.8) is 0 Å². The van der Waals surface area contributed by atoms with Crippen LogP contribution < -0.4 is 10.6 Å². The summed E-state index contributed by atoms with van der Waals surface area (Å²) in [5, 5.41) is 9.69. The molecule has 1 unspecified atom stereocenters. The van der Waals surface area contributed by atoms with Gasteiger partial charge in [0.1, 0.15) is 5.04 Å². The Labute approximate surface area is 210 Å². The van der Waals surface area contributed by atoms with Crippen molar-refractivity contribution in [3.05, 3.63) is 28.9 Å². The standard InChI is InChI=1S/C25H34ClN5O2S/c1-2-22(31-7-9-33-10-8-31)30-23(32)14-19-15-34-25(28-19)21-12-16-11-17(26)13-20(24(16)29-21)27-18-5-3-4-6-18/h11-13,18-19,22,27,29H,2-10,14-15H2,1H3,(H,30,32)/t19-,22?/m1/s1. The molecular weight excluding hydrogens is 470 g/mol. The van der Waals surface area contributed by atoms with E-state index in [1.807, 2.05) is 12.1 Å². The number of aromatic amines is 1. The van der Waals surface area contributed by atoms with Crippen LogP contribution in [-0.2, 0) is 9.53 Å². The van der Waals surface area contributed by atoms with E-state index in [2.05, 4.69) is 33.5 Å². The molecule has 1 aromatic carbocycles. The van der Waals surface area contributed by atoms with E-state index in [4.69, 9.17) is 21.3 Å². The molecule has 1 saturated heterocycles. The van der Waals surface area contributed by atoms with E-state index in [1.165, 1.54) is 25.7 Å². The average Bonchev–Trinajstić information content (AvgIpc) is 3.59. The fourth-order valence-corrected chi connectivity index (χ4v) is 6.45. The number of benzene rings is 1. The zero-order valence-corrected chi connectivity index (χ0v) is 21.3. The minimum Gasteiger partial charge on any atom is -0.381 e. The van der Waals surface area contributed by atoms with Gasteiger partial charge in [0.25, 0.3) is 0 Å². The minimum atomic E-state index is -0.00622. The summed E-state index contributed by atoms with van der Waals surface area (Å²) in [5.41, 5.74) is 3.14. The molecule has 1 saturated carbocycles. The van der Waals surface area contributed by atoms with Crippen LogP contribution in [-0.4, -0.2) is 71.1 Å². The largest absolute Gasteiger partial charge is 0.381 e. The second-order valence-corrected chi connectivity index (χ2v) is 10.9. The smallest absolute Gasteiger partial charge is 0.223 e. The number of H-pyrrole nitrogens is 1. The number of nitrogens with one attached hydrogen (secondary N) is 3. The second-order valence-electron chi connectivity index (χ2n) is 9.47. The van der Waals surface area contributed by atoms with Crippen LogP contribution in [0.1, 0.15) is 51.1 Å². The first-order valence-corrected chi connectivity index (χ1v) is 13.9. The first-order chi connectivity index (χ1) is 16.6. The number of carbonyl (C=O) groups excluding carboxylic acids is 1. The minimum absolute atomic E-state index is 0.00622. The van der Waals surface area contributed by atoms with Crippen molar-refractivity contribution in [3.8, 4) is 0 Å². The van der Waals surface area contributed by atoms with Gasteiger partial charge in [-0.15, -0.1) is 11.8 Å². The zero-order chi connectivity index (χ0) is 23.5. The quantitative estimate of drug-likeness (QED) is 0.490. The number of nitrogens with zero attached hydrogens (tertiary/aromatic N) is 2. The van der Waals surface area contributed by atoms with Crippen LogP contribution in [0, 0.1) is 0 Å². The fraction of sp³-hybridized carbons (Fsp3) is 0.600. The third-order valence-corrected chi connectivity index (χ3v) is 8.34. The Kier molecular flexibility index (Phi) is 7.68. The van der Waals surface area contributed by atoms with Crippen LogP contribution in [0.3, 0.4) is 0 Å². The SMILES string of the molecule is CCC(NC(=O)C[C@@H]1CSC(c2cc3cc(Cl)cc(NC4CCCC4)c3[nH]2)=N1)N1CCOCC1. The molecule has 1 amide bonds. The molecule has 2 aliphatic heterocycles. The Morgan fingerprint density at radius 1 is 1.29 bits per heavy atom. The van der Waals surface area contributed by atoms with Gasteiger partial charge in [0.2, 0.25) is 5.91 Å². The second kappa shape index (κ2) is 10.9. The fourth-order valence-electron chi connectivity index (χ4n) is 5.19. The van der Waals surface area contributed by atoms with Gasteiger partial charge in [-0.2, -0.15) is 0 Å². The molecule has 5 rings (SSSR count). The topological polar surface area (TPSA) is 81.8 Å². The van der Waals surface area contributed by atoms with Gasteiger partial charge in [0, 0.05) is 41.7 Å². The Morgan fingerprint density at radius 3 is 2.85 bits per heavy atom. The molecule has 0 spiro atoms. The number of carbonyl (C=O) groups is 1. The lowest BCUT2D eigenvalue weighted by Gasteiger charge is -2.34. The molecule has 2 atom stereocenters. The van der Waals surface area contributed by atoms with E-state index in [-0.39, 0.29) is 18.1 Å². The third kappa shape index (κ3) is 5.56. The van der Waals surface area contributed by atoms with Crippen molar-refractivity contribution in [1.82, 2.24) is 15.2 Å². The van der Waals surface area contributed by atoms with E-state index >= 15 is 0 Å². The highest BCUT2D eigenvalue weighted by Gasteiger charge is 2.26. The molecule has 184 valence electrons. The number of ether oxygens (including phenoxy) is 1. The summed E-state index contributed by atoms with van der Waals surface area (Å²) in [6, 6.07) is 6.64. The molecule has 34 heavy (non-hydrogen) atoms. The number of hydrogen-bond acceptors (Lipinski definition) is 6. The van der Waals surface area contributed by atoms with Gasteiger partial charge in [-0.05, 0) is 37.5 Å². The predicted molar refractivity (Wildman–Crippen MR) is 141 cm³/mol. The first-order valence-electron chi connectivity index (χ1n) is 12.5.